The number of amides is 2. The molecular formula is C29H33BrN2O2S. The van der Waals surface area contributed by atoms with Crippen LogP contribution >= 0.6 is 27.7 Å². The lowest BCUT2D eigenvalue weighted by Gasteiger charge is -2.32. The zero-order chi connectivity index (χ0) is 25.0. The zero-order valence-corrected chi connectivity index (χ0v) is 22.7. The van der Waals surface area contributed by atoms with Crippen LogP contribution in [0, 0.1) is 5.92 Å². The molecule has 0 radical (unpaired) electrons. The van der Waals surface area contributed by atoms with Gasteiger partial charge in [0.15, 0.2) is 0 Å². The number of carbonyl (C=O) groups is 2. The van der Waals surface area contributed by atoms with Gasteiger partial charge in [-0.25, -0.2) is 0 Å². The van der Waals surface area contributed by atoms with Crippen LogP contribution in [-0.2, 0) is 22.6 Å². The smallest absolute Gasteiger partial charge is 0.243 e. The third-order valence-electron chi connectivity index (χ3n) is 5.55. The van der Waals surface area contributed by atoms with Crippen molar-refractivity contribution in [2.75, 3.05) is 12.3 Å². The van der Waals surface area contributed by atoms with Crippen LogP contribution < -0.4 is 5.32 Å². The van der Waals surface area contributed by atoms with E-state index in [0.717, 1.165) is 20.5 Å². The van der Waals surface area contributed by atoms with Crippen LogP contribution in [0.25, 0.3) is 0 Å². The third-order valence-corrected chi connectivity index (χ3v) is 7.09. The zero-order valence-electron chi connectivity index (χ0n) is 20.3. The van der Waals surface area contributed by atoms with E-state index in [1.807, 2.05) is 84.9 Å². The highest BCUT2D eigenvalue weighted by Crippen LogP contribution is 2.21. The van der Waals surface area contributed by atoms with Crippen LogP contribution in [0.3, 0.4) is 0 Å². The summed E-state index contributed by atoms with van der Waals surface area (Å²) in [4.78, 5) is 29.9. The van der Waals surface area contributed by atoms with Crippen LogP contribution in [0.1, 0.15) is 31.4 Å². The highest BCUT2D eigenvalue weighted by atomic mass is 79.9. The maximum Gasteiger partial charge on any atom is 0.243 e. The van der Waals surface area contributed by atoms with E-state index in [1.165, 1.54) is 0 Å². The number of hydrogen-bond donors (Lipinski definition) is 1. The standard InChI is InChI=1S/C29H33BrN2O2S/c1-22(2)20-31-29(34)27(19-23-9-5-3-6-10-23)32(21-24-13-15-25(30)16-14-24)28(33)17-18-35-26-11-7-4-8-12-26/h3-16,22,27H,17-21H2,1-2H3,(H,31,34). The molecule has 0 spiro atoms. The van der Waals surface area contributed by atoms with Gasteiger partial charge in [0, 0.05) is 41.1 Å². The fourth-order valence-corrected chi connectivity index (χ4v) is 4.81. The summed E-state index contributed by atoms with van der Waals surface area (Å²) in [5.74, 6) is 0.862. The predicted molar refractivity (Wildman–Crippen MR) is 148 cm³/mol. The monoisotopic (exact) mass is 552 g/mol. The molecule has 0 heterocycles. The molecule has 4 nitrogen and oxygen atoms in total. The van der Waals surface area contributed by atoms with Gasteiger partial charge in [0.1, 0.15) is 6.04 Å². The molecule has 1 atom stereocenters. The molecule has 2 amide bonds. The SMILES string of the molecule is CC(C)CNC(=O)C(Cc1ccccc1)N(Cc1ccc(Br)cc1)C(=O)CCSc1ccccc1. The predicted octanol–water partition coefficient (Wildman–Crippen LogP) is 6.34. The fraction of sp³-hybridized carbons (Fsp3) is 0.310. The van der Waals surface area contributed by atoms with Gasteiger partial charge in [0.25, 0.3) is 0 Å². The van der Waals surface area contributed by atoms with Gasteiger partial charge in [-0.2, -0.15) is 0 Å². The first kappa shape index (κ1) is 27.0. The molecule has 0 saturated heterocycles. The molecule has 0 saturated carbocycles. The lowest BCUT2D eigenvalue weighted by atomic mass is 10.0. The lowest BCUT2D eigenvalue weighted by molar-refractivity contribution is -0.141. The molecule has 6 heteroatoms. The summed E-state index contributed by atoms with van der Waals surface area (Å²) in [7, 11) is 0. The van der Waals surface area contributed by atoms with E-state index in [2.05, 4.69) is 35.1 Å². The van der Waals surface area contributed by atoms with Gasteiger partial charge in [0.05, 0.1) is 0 Å². The van der Waals surface area contributed by atoms with Crippen molar-refractivity contribution in [2.45, 2.75) is 44.2 Å². The molecule has 0 bridgehead atoms. The average Bonchev–Trinajstić information content (AvgIpc) is 2.87. The van der Waals surface area contributed by atoms with Gasteiger partial charge < -0.3 is 10.2 Å². The van der Waals surface area contributed by atoms with Crippen molar-refractivity contribution in [1.82, 2.24) is 10.2 Å². The van der Waals surface area contributed by atoms with Crippen LogP contribution in [-0.4, -0.2) is 35.1 Å². The minimum atomic E-state index is -0.589. The van der Waals surface area contributed by atoms with Crippen LogP contribution in [0.5, 0.6) is 0 Å². The largest absolute Gasteiger partial charge is 0.354 e. The maximum absolute atomic E-state index is 13.6. The van der Waals surface area contributed by atoms with Crippen molar-refractivity contribution in [1.29, 1.82) is 0 Å². The first-order chi connectivity index (χ1) is 16.9. The average molecular weight is 554 g/mol. The second kappa shape index (κ2) is 14.1. The second-order valence-electron chi connectivity index (χ2n) is 8.90. The molecule has 0 aromatic heterocycles. The Balaban J connectivity index is 1.83. The molecule has 3 rings (SSSR count). The number of rotatable bonds is 12. The van der Waals surface area contributed by atoms with Crippen LogP contribution in [0.2, 0.25) is 0 Å². The minimum Gasteiger partial charge on any atom is -0.354 e. The van der Waals surface area contributed by atoms with Gasteiger partial charge in [-0.3, -0.25) is 9.59 Å². The Hall–Kier alpha value is -2.57. The number of halogens is 1. The van der Waals surface area contributed by atoms with E-state index in [-0.39, 0.29) is 11.8 Å². The number of hydrogen-bond acceptors (Lipinski definition) is 3. The molecule has 0 aliphatic rings. The Morgan fingerprint density at radius 3 is 2.14 bits per heavy atom. The summed E-state index contributed by atoms with van der Waals surface area (Å²) in [6.45, 7) is 5.10. The van der Waals surface area contributed by atoms with Gasteiger partial charge >= 0.3 is 0 Å². The van der Waals surface area contributed by atoms with Crippen molar-refractivity contribution in [2.24, 2.45) is 5.92 Å². The fourth-order valence-electron chi connectivity index (χ4n) is 3.68. The first-order valence-corrected chi connectivity index (χ1v) is 13.7. The minimum absolute atomic E-state index is 0.0167. The van der Waals surface area contributed by atoms with Crippen molar-refractivity contribution in [3.8, 4) is 0 Å². The van der Waals surface area contributed by atoms with Crippen LogP contribution in [0.15, 0.2) is 94.3 Å². The van der Waals surface area contributed by atoms with E-state index in [9.17, 15) is 9.59 Å². The normalized spacial score (nSPS) is 11.8. The third kappa shape index (κ3) is 9.19. The van der Waals surface area contributed by atoms with E-state index < -0.39 is 6.04 Å². The molecule has 1 N–H and O–H groups in total. The Labute approximate surface area is 221 Å². The van der Waals surface area contributed by atoms with E-state index in [4.69, 9.17) is 0 Å². The number of carbonyl (C=O) groups excluding carboxylic acids is 2. The first-order valence-electron chi connectivity index (χ1n) is 12.0. The highest BCUT2D eigenvalue weighted by Gasteiger charge is 2.30. The molecule has 184 valence electrons. The molecule has 35 heavy (non-hydrogen) atoms. The van der Waals surface area contributed by atoms with Crippen molar-refractivity contribution in [3.05, 3.63) is 101 Å². The molecule has 1 unspecified atom stereocenters. The van der Waals surface area contributed by atoms with Gasteiger partial charge in [-0.15, -0.1) is 11.8 Å². The van der Waals surface area contributed by atoms with Gasteiger partial charge in [-0.1, -0.05) is 90.4 Å². The number of thioether (sulfide) groups is 1. The molecular weight excluding hydrogens is 520 g/mol. The summed E-state index contributed by atoms with van der Waals surface area (Å²) >= 11 is 5.14. The Bertz CT molecular complexity index is 1060. The molecule has 0 aliphatic heterocycles. The van der Waals surface area contributed by atoms with Crippen molar-refractivity contribution < 1.29 is 9.59 Å². The quantitative estimate of drug-likeness (QED) is 0.266. The number of benzene rings is 3. The van der Waals surface area contributed by atoms with Gasteiger partial charge in [0.2, 0.25) is 11.8 Å². The molecule has 3 aromatic rings. The summed E-state index contributed by atoms with van der Waals surface area (Å²) in [5, 5.41) is 3.07. The lowest BCUT2D eigenvalue weighted by Crippen LogP contribution is -2.51. The number of nitrogens with zero attached hydrogens (tertiary/aromatic N) is 1. The van der Waals surface area contributed by atoms with E-state index in [1.54, 1.807) is 16.7 Å². The van der Waals surface area contributed by atoms with Crippen LogP contribution in [0.4, 0.5) is 0 Å². The van der Waals surface area contributed by atoms with Gasteiger partial charge in [-0.05, 0) is 41.3 Å². The Kier molecular flexibility index (Phi) is 10.9. The summed E-state index contributed by atoms with van der Waals surface area (Å²) in [6.07, 6.45) is 0.831. The summed E-state index contributed by atoms with van der Waals surface area (Å²) in [6, 6.07) is 27.3. The Morgan fingerprint density at radius 2 is 1.51 bits per heavy atom. The number of nitrogens with one attached hydrogen (secondary N) is 1. The van der Waals surface area contributed by atoms with E-state index in [0.29, 0.717) is 37.6 Å². The summed E-state index contributed by atoms with van der Waals surface area (Å²) < 4.78 is 0.980. The topological polar surface area (TPSA) is 49.4 Å². The summed E-state index contributed by atoms with van der Waals surface area (Å²) in [5.41, 5.74) is 2.02. The molecule has 0 aliphatic carbocycles. The van der Waals surface area contributed by atoms with Crippen molar-refractivity contribution >= 4 is 39.5 Å². The maximum atomic E-state index is 13.6. The highest BCUT2D eigenvalue weighted by molar-refractivity contribution is 9.10. The van der Waals surface area contributed by atoms with Crippen molar-refractivity contribution in [3.63, 3.8) is 0 Å². The second-order valence-corrected chi connectivity index (χ2v) is 11.0. The molecule has 3 aromatic carbocycles. The molecule has 0 fully saturated rings. The Morgan fingerprint density at radius 1 is 0.886 bits per heavy atom. The van der Waals surface area contributed by atoms with E-state index >= 15 is 0 Å².